The Morgan fingerprint density at radius 2 is 1.06 bits per heavy atom. The van der Waals surface area contributed by atoms with E-state index in [1.807, 2.05) is 73.9 Å². The van der Waals surface area contributed by atoms with Crippen molar-refractivity contribution in [3.8, 4) is 11.1 Å². The molecule has 2 fully saturated rings. The fraction of sp³-hybridized carbons (Fsp3) is 0.381. The average molecular weight is 733 g/mol. The van der Waals surface area contributed by atoms with Gasteiger partial charge >= 0.3 is 11.9 Å². The number of carboxylic acid groups (broad SMARTS) is 2. The molecule has 54 heavy (non-hydrogen) atoms. The van der Waals surface area contributed by atoms with Crippen molar-refractivity contribution in [2.45, 2.75) is 91.4 Å². The number of likely N-dealkylation sites (tertiary alicyclic amines) is 2. The Morgan fingerprint density at radius 3 is 1.43 bits per heavy atom. The van der Waals surface area contributed by atoms with E-state index in [2.05, 4.69) is 20.6 Å². The van der Waals surface area contributed by atoms with E-state index in [-0.39, 0.29) is 23.2 Å². The number of aliphatic carboxylic acids is 2. The van der Waals surface area contributed by atoms with E-state index < -0.39 is 24.0 Å². The molecule has 2 aromatic heterocycles. The number of rotatable bonds is 11. The van der Waals surface area contributed by atoms with Crippen molar-refractivity contribution in [2.75, 3.05) is 23.7 Å². The molecular formula is C42H48N6O6. The number of benzene rings is 2. The molecule has 0 radical (unpaired) electrons. The molecule has 4 N–H and O–H groups in total. The molecule has 2 amide bonds. The molecule has 0 saturated carbocycles. The summed E-state index contributed by atoms with van der Waals surface area (Å²) in [5, 5.41) is 25.4. The van der Waals surface area contributed by atoms with Crippen LogP contribution in [-0.2, 0) is 22.7 Å². The third-order valence-corrected chi connectivity index (χ3v) is 10.9. The number of hydrogen-bond acceptors (Lipinski definition) is 8. The minimum absolute atomic E-state index is 0.267. The molecule has 4 heterocycles. The van der Waals surface area contributed by atoms with Gasteiger partial charge in [-0.1, -0.05) is 37.1 Å². The number of carboxylic acids is 2. The molecule has 6 rings (SSSR count). The first-order valence-electron chi connectivity index (χ1n) is 18.6. The third-order valence-electron chi connectivity index (χ3n) is 10.9. The lowest BCUT2D eigenvalue weighted by atomic mass is 9.94. The maximum atomic E-state index is 13.4. The van der Waals surface area contributed by atoms with Crippen LogP contribution in [0, 0.1) is 27.7 Å². The molecule has 0 spiro atoms. The van der Waals surface area contributed by atoms with Crippen molar-refractivity contribution in [1.29, 1.82) is 0 Å². The highest BCUT2D eigenvalue weighted by Gasteiger charge is 2.30. The van der Waals surface area contributed by atoms with Crippen LogP contribution in [0.4, 0.5) is 11.4 Å². The summed E-state index contributed by atoms with van der Waals surface area (Å²) in [5.74, 6) is -2.32. The Labute approximate surface area is 315 Å². The van der Waals surface area contributed by atoms with Gasteiger partial charge < -0.3 is 20.8 Å². The number of carbonyl (C=O) groups is 4. The van der Waals surface area contributed by atoms with Crippen LogP contribution >= 0.6 is 0 Å². The zero-order valence-corrected chi connectivity index (χ0v) is 31.3. The summed E-state index contributed by atoms with van der Waals surface area (Å²) in [4.78, 5) is 63.3. The molecule has 2 aliphatic rings. The summed E-state index contributed by atoms with van der Waals surface area (Å²) in [6, 6.07) is 13.8. The van der Waals surface area contributed by atoms with Crippen LogP contribution < -0.4 is 10.6 Å². The number of aryl methyl sites for hydroxylation is 2. The van der Waals surface area contributed by atoms with Crippen LogP contribution in [0.3, 0.4) is 0 Å². The van der Waals surface area contributed by atoms with E-state index in [0.29, 0.717) is 50.4 Å². The number of nitrogens with one attached hydrogen (secondary N) is 2. The van der Waals surface area contributed by atoms with Crippen molar-refractivity contribution in [1.82, 2.24) is 19.8 Å². The smallest absolute Gasteiger partial charge is 0.320 e. The number of piperidine rings is 2. The molecule has 2 saturated heterocycles. The van der Waals surface area contributed by atoms with Gasteiger partial charge in [0.05, 0.1) is 0 Å². The second-order valence-electron chi connectivity index (χ2n) is 14.5. The lowest BCUT2D eigenvalue weighted by Gasteiger charge is -2.33. The summed E-state index contributed by atoms with van der Waals surface area (Å²) in [6.07, 6.45) is 8.31. The molecule has 12 nitrogen and oxygen atoms in total. The molecule has 2 atom stereocenters. The van der Waals surface area contributed by atoms with Gasteiger partial charge in [0.25, 0.3) is 11.8 Å². The highest BCUT2D eigenvalue weighted by molar-refractivity contribution is 6.05. The number of hydrogen-bond donors (Lipinski definition) is 4. The maximum absolute atomic E-state index is 13.4. The van der Waals surface area contributed by atoms with Gasteiger partial charge in [0.2, 0.25) is 0 Å². The Bertz CT molecular complexity index is 1940. The number of aromatic nitrogens is 2. The molecule has 0 unspecified atom stereocenters. The molecular weight excluding hydrogens is 684 g/mol. The zero-order valence-electron chi connectivity index (χ0n) is 31.3. The van der Waals surface area contributed by atoms with Crippen molar-refractivity contribution < 1.29 is 29.4 Å². The summed E-state index contributed by atoms with van der Waals surface area (Å²) in [6.45, 7) is 10.1. The molecule has 4 aromatic rings. The van der Waals surface area contributed by atoms with Crippen LogP contribution in [0.25, 0.3) is 11.1 Å². The molecule has 2 aliphatic heterocycles. The molecule has 12 heteroatoms. The van der Waals surface area contributed by atoms with Crippen LogP contribution in [0.2, 0.25) is 0 Å². The predicted octanol–water partition coefficient (Wildman–Crippen LogP) is 6.76. The minimum atomic E-state index is -0.807. The van der Waals surface area contributed by atoms with Crippen molar-refractivity contribution in [3.05, 3.63) is 106 Å². The first kappa shape index (κ1) is 38.3. The Hall–Kier alpha value is -5.46. The zero-order chi connectivity index (χ0) is 38.5. The predicted molar refractivity (Wildman–Crippen MR) is 207 cm³/mol. The van der Waals surface area contributed by atoms with E-state index in [1.165, 1.54) is 0 Å². The number of carbonyl (C=O) groups excluding carboxylic acids is 2. The SMILES string of the molecule is Cc1cc(C(=O)Nc2cccc(-c3cccc(NC(=O)c4cc(C)c(CN5CCCC[C@@H]5C(=O)O)cn4)c3C)c2C)ncc1CN1CCCC[C@@H]1C(=O)O. The highest BCUT2D eigenvalue weighted by atomic mass is 16.4. The fourth-order valence-corrected chi connectivity index (χ4v) is 7.60. The van der Waals surface area contributed by atoms with Crippen LogP contribution in [0.5, 0.6) is 0 Å². The largest absolute Gasteiger partial charge is 0.480 e. The third kappa shape index (κ3) is 8.50. The van der Waals surface area contributed by atoms with Gasteiger partial charge in [-0.15, -0.1) is 0 Å². The van der Waals surface area contributed by atoms with Crippen molar-refractivity contribution in [3.63, 3.8) is 0 Å². The summed E-state index contributed by atoms with van der Waals surface area (Å²) in [7, 11) is 0. The lowest BCUT2D eigenvalue weighted by Crippen LogP contribution is -2.44. The van der Waals surface area contributed by atoms with Gasteiger partial charge in [-0.05, 0) is 135 Å². The number of anilines is 2. The topological polar surface area (TPSA) is 165 Å². The Kier molecular flexibility index (Phi) is 11.8. The first-order valence-corrected chi connectivity index (χ1v) is 18.6. The van der Waals surface area contributed by atoms with Crippen LogP contribution in [0.1, 0.15) is 92.9 Å². The van der Waals surface area contributed by atoms with Crippen molar-refractivity contribution in [2.24, 2.45) is 0 Å². The average Bonchev–Trinajstić information content (AvgIpc) is 3.15. The van der Waals surface area contributed by atoms with E-state index in [0.717, 1.165) is 70.2 Å². The molecule has 0 aliphatic carbocycles. The van der Waals surface area contributed by atoms with Crippen LogP contribution in [-0.4, -0.2) is 78.9 Å². The minimum Gasteiger partial charge on any atom is -0.480 e. The summed E-state index contributed by atoms with van der Waals surface area (Å²) in [5.41, 5.74) is 8.82. The van der Waals surface area contributed by atoms with Gasteiger partial charge in [-0.25, -0.2) is 0 Å². The van der Waals surface area contributed by atoms with E-state index in [4.69, 9.17) is 0 Å². The highest BCUT2D eigenvalue weighted by Crippen LogP contribution is 2.34. The van der Waals surface area contributed by atoms with Crippen molar-refractivity contribution >= 4 is 35.1 Å². The van der Waals surface area contributed by atoms with Gasteiger partial charge in [0.15, 0.2) is 0 Å². The second-order valence-corrected chi connectivity index (χ2v) is 14.5. The molecule has 282 valence electrons. The number of pyridine rings is 2. The lowest BCUT2D eigenvalue weighted by molar-refractivity contribution is -0.145. The number of amides is 2. The maximum Gasteiger partial charge on any atom is 0.320 e. The first-order chi connectivity index (χ1) is 25.9. The Balaban J connectivity index is 1.14. The van der Waals surface area contributed by atoms with E-state index >= 15 is 0 Å². The fourth-order valence-electron chi connectivity index (χ4n) is 7.60. The quantitative estimate of drug-likeness (QED) is 0.130. The van der Waals surface area contributed by atoms with E-state index in [9.17, 15) is 29.4 Å². The van der Waals surface area contributed by atoms with Gasteiger partial charge in [-0.3, -0.25) is 38.9 Å². The molecule has 0 bridgehead atoms. The summed E-state index contributed by atoms with van der Waals surface area (Å²) >= 11 is 0. The van der Waals surface area contributed by atoms with Gasteiger partial charge in [0, 0.05) is 36.9 Å². The number of nitrogens with zero attached hydrogens (tertiary/aromatic N) is 4. The monoisotopic (exact) mass is 732 g/mol. The van der Waals surface area contributed by atoms with Crippen LogP contribution in [0.15, 0.2) is 60.9 Å². The Morgan fingerprint density at radius 1 is 0.648 bits per heavy atom. The molecule has 2 aromatic carbocycles. The summed E-state index contributed by atoms with van der Waals surface area (Å²) < 4.78 is 0. The van der Waals surface area contributed by atoms with Gasteiger partial charge in [-0.2, -0.15) is 0 Å². The normalized spacial score (nSPS) is 17.9. The second kappa shape index (κ2) is 16.7. The van der Waals surface area contributed by atoms with E-state index in [1.54, 1.807) is 24.5 Å². The van der Waals surface area contributed by atoms with Gasteiger partial charge in [0.1, 0.15) is 23.5 Å². The standard InChI is InChI=1S/C42H48N6O6/c1-25-19-35(43-21-29(25)23-47-17-7-5-15-37(47)41(51)52)39(49)45-33-13-9-11-31(27(33)3)32-12-10-14-34(28(32)4)46-40(50)36-20-26(2)30(22-44-36)24-48-18-8-6-16-38(48)42(53)54/h9-14,19-22,37-38H,5-8,15-18,23-24H2,1-4H3,(H,45,49)(H,46,50)(H,51,52)(H,53,54)/t37-,38-/m1/s1.